The maximum atomic E-state index is 13.8. The Bertz CT molecular complexity index is 929. The van der Waals surface area contributed by atoms with Gasteiger partial charge in [0.25, 0.3) is 0 Å². The molecule has 4 aliphatic rings. The van der Waals surface area contributed by atoms with Crippen LogP contribution in [0, 0.1) is 44.8 Å². The largest absolute Gasteiger partial charge is 0.465 e. The fraction of sp³-hybridized carbons (Fsp3) is 0.767. The second-order valence-corrected chi connectivity index (χ2v) is 13.5. The lowest BCUT2D eigenvalue weighted by molar-refractivity contribution is -0.150. The Morgan fingerprint density at radius 2 is 1.32 bits per heavy atom. The summed E-state index contributed by atoms with van der Waals surface area (Å²) in [6, 6.07) is 0. The van der Waals surface area contributed by atoms with Crippen LogP contribution in [0.5, 0.6) is 0 Å². The van der Waals surface area contributed by atoms with Gasteiger partial charge in [-0.05, 0) is 78.8 Å². The van der Waals surface area contributed by atoms with Crippen molar-refractivity contribution in [2.45, 2.75) is 94.4 Å². The third-order valence-electron chi connectivity index (χ3n) is 11.0. The number of allylic oxidation sites excluding steroid dienone is 2. The van der Waals surface area contributed by atoms with Crippen molar-refractivity contribution in [1.29, 1.82) is 0 Å². The van der Waals surface area contributed by atoms with Gasteiger partial charge in [0.15, 0.2) is 11.6 Å². The van der Waals surface area contributed by atoms with Crippen molar-refractivity contribution in [2.75, 3.05) is 6.61 Å². The van der Waals surface area contributed by atoms with Crippen molar-refractivity contribution in [3.05, 3.63) is 23.3 Å². The highest BCUT2D eigenvalue weighted by atomic mass is 16.5. The molecule has 188 valence electrons. The zero-order valence-electron chi connectivity index (χ0n) is 22.8. The topological polar surface area (TPSA) is 60.4 Å². The van der Waals surface area contributed by atoms with E-state index in [0.717, 1.165) is 36.8 Å². The van der Waals surface area contributed by atoms with E-state index in [0.29, 0.717) is 6.42 Å². The van der Waals surface area contributed by atoms with Crippen LogP contribution < -0.4 is 0 Å². The molecular weight excluding hydrogens is 424 g/mol. The lowest BCUT2D eigenvalue weighted by atomic mass is 9.70. The molecule has 4 heteroatoms. The van der Waals surface area contributed by atoms with Gasteiger partial charge in [-0.3, -0.25) is 14.4 Å². The van der Waals surface area contributed by atoms with Crippen LogP contribution in [-0.2, 0) is 19.1 Å². The van der Waals surface area contributed by atoms with Crippen molar-refractivity contribution in [3.8, 4) is 0 Å². The van der Waals surface area contributed by atoms with Crippen molar-refractivity contribution < 1.29 is 19.1 Å². The van der Waals surface area contributed by atoms with Gasteiger partial charge in [-0.25, -0.2) is 0 Å². The average Bonchev–Trinajstić information content (AvgIpc) is 3.21. The van der Waals surface area contributed by atoms with Gasteiger partial charge in [-0.15, -0.1) is 0 Å². The van der Waals surface area contributed by atoms with Crippen LogP contribution in [0.4, 0.5) is 0 Å². The SMILES string of the molecule is CCOC(=O)C(/C=C1\C(=O)[C@@]2(C)CC[C@H]1C2(C)C)(/C=C1\C(=O)[C@]2(C)CC[C@@H]1C2(C)C)CC(C)C. The number of Topliss-reactive ketones (excluding diaryl/α,β-unsaturated/α-hetero) is 2. The van der Waals surface area contributed by atoms with E-state index in [9.17, 15) is 14.4 Å². The highest BCUT2D eigenvalue weighted by Gasteiger charge is 2.66. The summed E-state index contributed by atoms with van der Waals surface area (Å²) in [6.07, 6.45) is 8.14. The number of fused-ring (bicyclic) bond motifs is 4. The molecule has 4 rings (SSSR count). The second-order valence-electron chi connectivity index (χ2n) is 13.5. The van der Waals surface area contributed by atoms with Gasteiger partial charge in [-0.1, -0.05) is 67.5 Å². The van der Waals surface area contributed by atoms with Crippen molar-refractivity contribution >= 4 is 17.5 Å². The number of rotatable bonds is 6. The Hall–Kier alpha value is -1.71. The summed E-state index contributed by atoms with van der Waals surface area (Å²) in [7, 11) is 0. The van der Waals surface area contributed by atoms with Gasteiger partial charge in [0.05, 0.1) is 6.61 Å². The number of ether oxygens (including phenoxy) is 1. The maximum absolute atomic E-state index is 13.8. The lowest BCUT2D eigenvalue weighted by Crippen LogP contribution is -2.35. The van der Waals surface area contributed by atoms with Crippen molar-refractivity contribution in [1.82, 2.24) is 0 Å². The summed E-state index contributed by atoms with van der Waals surface area (Å²) >= 11 is 0. The number of hydrogen-bond donors (Lipinski definition) is 0. The van der Waals surface area contributed by atoms with E-state index in [-0.39, 0.29) is 52.7 Å². The van der Waals surface area contributed by atoms with Crippen LogP contribution in [0.25, 0.3) is 0 Å². The predicted octanol–water partition coefficient (Wildman–Crippen LogP) is 6.49. The van der Waals surface area contributed by atoms with Gasteiger partial charge in [0, 0.05) is 10.8 Å². The predicted molar refractivity (Wildman–Crippen MR) is 134 cm³/mol. The molecule has 5 atom stereocenters. The minimum atomic E-state index is -1.10. The van der Waals surface area contributed by atoms with Crippen LogP contribution in [-0.4, -0.2) is 24.1 Å². The molecule has 0 amide bonds. The smallest absolute Gasteiger partial charge is 0.319 e. The van der Waals surface area contributed by atoms with E-state index in [1.807, 2.05) is 19.1 Å². The van der Waals surface area contributed by atoms with E-state index in [2.05, 4.69) is 55.4 Å². The van der Waals surface area contributed by atoms with Crippen LogP contribution in [0.1, 0.15) is 94.4 Å². The summed E-state index contributed by atoms with van der Waals surface area (Å²) in [5, 5.41) is 0. The van der Waals surface area contributed by atoms with Gasteiger partial charge in [0.1, 0.15) is 5.41 Å². The fourth-order valence-electron chi connectivity index (χ4n) is 8.04. The quantitative estimate of drug-likeness (QED) is 0.330. The molecule has 0 aliphatic heterocycles. The molecule has 1 unspecified atom stereocenters. The molecule has 0 radical (unpaired) electrons. The molecule has 34 heavy (non-hydrogen) atoms. The first-order valence-corrected chi connectivity index (χ1v) is 13.3. The van der Waals surface area contributed by atoms with Gasteiger partial charge in [-0.2, -0.15) is 0 Å². The summed E-state index contributed by atoms with van der Waals surface area (Å²) in [5.41, 5.74) is -0.610. The van der Waals surface area contributed by atoms with Crippen LogP contribution in [0.2, 0.25) is 0 Å². The molecule has 0 aromatic carbocycles. The Labute approximate surface area is 206 Å². The van der Waals surface area contributed by atoms with E-state index in [1.54, 1.807) is 0 Å². The highest BCUT2D eigenvalue weighted by Crippen LogP contribution is 2.67. The Morgan fingerprint density at radius 3 is 1.62 bits per heavy atom. The Balaban J connectivity index is 1.92. The molecular formula is C30H44O4. The molecule has 0 saturated heterocycles. The number of esters is 1. The molecule has 0 N–H and O–H groups in total. The minimum absolute atomic E-state index is 0.133. The zero-order valence-corrected chi connectivity index (χ0v) is 22.8. The average molecular weight is 469 g/mol. The third-order valence-corrected chi connectivity index (χ3v) is 11.0. The molecule has 4 fully saturated rings. The standard InChI is InChI=1S/C30H44O4/c1-10-34-25(33)30(15-18(2)3,16-19-21-11-13-28(8,23(19)31)26(21,4)5)17-20-22-12-14-29(9,24(20)32)27(22,6)7/h16-18,21-22H,10-15H2,1-9H3/b19-16-,20-17-/t21-,22+,28-,29+,30?. The van der Waals surface area contributed by atoms with Crippen molar-refractivity contribution in [2.24, 2.45) is 44.8 Å². The third kappa shape index (κ3) is 3.05. The summed E-state index contributed by atoms with van der Waals surface area (Å²) in [5.74, 6) is 0.476. The Kier molecular flexibility index (Phi) is 5.71. The first kappa shape index (κ1) is 25.4. The maximum Gasteiger partial charge on any atom is 0.319 e. The van der Waals surface area contributed by atoms with Crippen LogP contribution in [0.15, 0.2) is 23.3 Å². The van der Waals surface area contributed by atoms with Gasteiger partial charge in [0.2, 0.25) is 0 Å². The number of ketones is 2. The van der Waals surface area contributed by atoms with E-state index in [4.69, 9.17) is 4.74 Å². The molecule has 0 heterocycles. The zero-order chi connectivity index (χ0) is 25.5. The molecule has 4 bridgehead atoms. The lowest BCUT2D eigenvalue weighted by Gasteiger charge is -2.31. The normalized spacial score (nSPS) is 39.5. The molecule has 0 spiro atoms. The summed E-state index contributed by atoms with van der Waals surface area (Å²) in [4.78, 5) is 41.2. The molecule has 4 nitrogen and oxygen atoms in total. The first-order valence-electron chi connectivity index (χ1n) is 13.3. The summed E-state index contributed by atoms with van der Waals surface area (Å²) < 4.78 is 5.66. The molecule has 0 aromatic rings. The number of carbonyl (C=O) groups excluding carboxylic acids is 3. The highest BCUT2D eigenvalue weighted by molar-refractivity contribution is 6.07. The van der Waals surface area contributed by atoms with Gasteiger partial charge < -0.3 is 4.74 Å². The van der Waals surface area contributed by atoms with E-state index < -0.39 is 16.2 Å². The van der Waals surface area contributed by atoms with Crippen LogP contribution >= 0.6 is 0 Å². The van der Waals surface area contributed by atoms with Crippen molar-refractivity contribution in [3.63, 3.8) is 0 Å². The molecule has 4 aliphatic carbocycles. The minimum Gasteiger partial charge on any atom is -0.465 e. The monoisotopic (exact) mass is 468 g/mol. The van der Waals surface area contributed by atoms with Gasteiger partial charge >= 0.3 is 5.97 Å². The Morgan fingerprint density at radius 1 is 0.912 bits per heavy atom. The number of carbonyl (C=O) groups is 3. The van der Waals surface area contributed by atoms with Crippen LogP contribution in [0.3, 0.4) is 0 Å². The van der Waals surface area contributed by atoms with E-state index in [1.165, 1.54) is 0 Å². The first-order chi connectivity index (χ1) is 15.6. The fourth-order valence-corrected chi connectivity index (χ4v) is 8.04. The molecule has 0 aromatic heterocycles. The van der Waals surface area contributed by atoms with E-state index >= 15 is 0 Å². The second kappa shape index (κ2) is 7.64. The summed E-state index contributed by atoms with van der Waals surface area (Å²) in [6.45, 7) is 19.2. The molecule has 4 saturated carbocycles. The number of hydrogen-bond acceptors (Lipinski definition) is 4.